The quantitative estimate of drug-likeness (QED) is 0.635. The Balaban J connectivity index is 1.95. The normalized spacial score (nSPS) is 17.5. The maximum atomic E-state index is 11.8. The minimum Gasteiger partial charge on any atom is -0.508 e. The first kappa shape index (κ1) is 17.8. The lowest BCUT2D eigenvalue weighted by Gasteiger charge is -2.22. The SMILES string of the molecule is CC=CC1C(C=O)=C(c2ccccc2)ON1Cc1cc(OC)ccc1O. The highest BCUT2D eigenvalue weighted by Crippen LogP contribution is 2.35. The number of hydrogen-bond acceptors (Lipinski definition) is 5. The van der Waals surface area contributed by atoms with Gasteiger partial charge in [-0.25, -0.2) is 0 Å². The molecule has 0 saturated carbocycles. The molecule has 2 aromatic rings. The number of nitrogens with zero attached hydrogens (tertiary/aromatic N) is 1. The van der Waals surface area contributed by atoms with Crippen molar-refractivity contribution in [3.05, 3.63) is 77.4 Å². The standard InChI is InChI=1S/C21H21NO4/c1-3-7-19-18(14-23)21(15-8-5-4-6-9-15)26-22(19)13-16-12-17(25-2)10-11-20(16)24/h3-12,14,19,24H,13H2,1-2H3. The van der Waals surface area contributed by atoms with Crippen LogP contribution in [0, 0.1) is 0 Å². The van der Waals surface area contributed by atoms with Gasteiger partial charge in [0.25, 0.3) is 0 Å². The van der Waals surface area contributed by atoms with Crippen molar-refractivity contribution in [2.75, 3.05) is 7.11 Å². The third kappa shape index (κ3) is 3.48. The predicted octanol–water partition coefficient (Wildman–Crippen LogP) is 3.70. The summed E-state index contributed by atoms with van der Waals surface area (Å²) in [6.45, 7) is 2.19. The number of carbonyl (C=O) groups excluding carboxylic acids is 1. The molecule has 0 aromatic heterocycles. The Morgan fingerprint density at radius 1 is 1.23 bits per heavy atom. The van der Waals surface area contributed by atoms with Gasteiger partial charge in [-0.2, -0.15) is 0 Å². The number of carbonyl (C=O) groups is 1. The lowest BCUT2D eigenvalue weighted by Crippen LogP contribution is -2.29. The fourth-order valence-electron chi connectivity index (χ4n) is 2.94. The minimum atomic E-state index is -0.335. The monoisotopic (exact) mass is 351 g/mol. The van der Waals surface area contributed by atoms with Crippen molar-refractivity contribution in [2.45, 2.75) is 19.5 Å². The van der Waals surface area contributed by atoms with E-state index in [-0.39, 0.29) is 11.8 Å². The summed E-state index contributed by atoms with van der Waals surface area (Å²) in [6, 6.07) is 14.2. The van der Waals surface area contributed by atoms with Gasteiger partial charge in [0.05, 0.1) is 25.3 Å². The molecular weight excluding hydrogens is 330 g/mol. The summed E-state index contributed by atoms with van der Waals surface area (Å²) in [6.07, 6.45) is 4.61. The summed E-state index contributed by atoms with van der Waals surface area (Å²) >= 11 is 0. The highest BCUT2D eigenvalue weighted by atomic mass is 16.7. The van der Waals surface area contributed by atoms with Crippen molar-refractivity contribution in [1.82, 2.24) is 5.06 Å². The second-order valence-corrected chi connectivity index (χ2v) is 5.90. The van der Waals surface area contributed by atoms with Crippen molar-refractivity contribution in [1.29, 1.82) is 0 Å². The largest absolute Gasteiger partial charge is 0.508 e. The zero-order valence-electron chi connectivity index (χ0n) is 14.8. The van der Waals surface area contributed by atoms with Crippen LogP contribution in [0.15, 0.2) is 66.3 Å². The molecule has 1 atom stereocenters. The molecule has 0 aliphatic carbocycles. The number of rotatable bonds is 6. The number of phenolic OH excluding ortho intramolecular Hbond substituents is 1. The zero-order valence-corrected chi connectivity index (χ0v) is 14.8. The Labute approximate surface area is 152 Å². The van der Waals surface area contributed by atoms with E-state index in [0.717, 1.165) is 11.8 Å². The van der Waals surface area contributed by atoms with E-state index in [0.29, 0.717) is 29.2 Å². The molecule has 0 fully saturated rings. The van der Waals surface area contributed by atoms with E-state index in [1.807, 2.05) is 49.4 Å². The smallest absolute Gasteiger partial charge is 0.163 e. The van der Waals surface area contributed by atoms with Gasteiger partial charge in [0.2, 0.25) is 0 Å². The molecule has 0 spiro atoms. The average molecular weight is 351 g/mol. The highest BCUT2D eigenvalue weighted by Gasteiger charge is 2.34. The average Bonchev–Trinajstić information content (AvgIpc) is 3.02. The minimum absolute atomic E-state index is 0.148. The third-order valence-corrected chi connectivity index (χ3v) is 4.25. The fourth-order valence-corrected chi connectivity index (χ4v) is 2.94. The van der Waals surface area contributed by atoms with Crippen LogP contribution in [0.5, 0.6) is 11.5 Å². The van der Waals surface area contributed by atoms with Crippen LogP contribution in [0.2, 0.25) is 0 Å². The first-order valence-electron chi connectivity index (χ1n) is 8.36. The van der Waals surface area contributed by atoms with E-state index in [1.165, 1.54) is 0 Å². The van der Waals surface area contributed by atoms with E-state index in [2.05, 4.69) is 0 Å². The first-order chi connectivity index (χ1) is 12.7. The lowest BCUT2D eigenvalue weighted by molar-refractivity contribution is -0.107. The van der Waals surface area contributed by atoms with Gasteiger partial charge in [-0.15, -0.1) is 5.06 Å². The van der Waals surface area contributed by atoms with E-state index in [4.69, 9.17) is 9.57 Å². The summed E-state index contributed by atoms with van der Waals surface area (Å²) in [7, 11) is 1.57. The van der Waals surface area contributed by atoms with Crippen molar-refractivity contribution in [3.63, 3.8) is 0 Å². The van der Waals surface area contributed by atoms with Gasteiger partial charge in [-0.1, -0.05) is 42.5 Å². The summed E-state index contributed by atoms with van der Waals surface area (Å²) < 4.78 is 5.23. The van der Waals surface area contributed by atoms with E-state index >= 15 is 0 Å². The van der Waals surface area contributed by atoms with E-state index in [1.54, 1.807) is 30.4 Å². The van der Waals surface area contributed by atoms with E-state index < -0.39 is 0 Å². The summed E-state index contributed by atoms with van der Waals surface area (Å²) in [5.74, 6) is 1.33. The Bertz CT molecular complexity index is 842. The molecule has 1 aliphatic rings. The van der Waals surface area contributed by atoms with Crippen molar-refractivity contribution < 1.29 is 19.5 Å². The van der Waals surface area contributed by atoms with Gasteiger partial charge < -0.3 is 14.7 Å². The first-order valence-corrected chi connectivity index (χ1v) is 8.36. The summed E-state index contributed by atoms with van der Waals surface area (Å²) in [5.41, 5.74) is 2.04. The van der Waals surface area contributed by atoms with Crippen molar-refractivity contribution in [3.8, 4) is 11.5 Å². The number of aromatic hydroxyl groups is 1. The lowest BCUT2D eigenvalue weighted by atomic mass is 10.0. The van der Waals surface area contributed by atoms with Gasteiger partial charge in [0.15, 0.2) is 12.0 Å². The van der Waals surface area contributed by atoms with Gasteiger partial charge in [0, 0.05) is 11.1 Å². The number of hydroxylamine groups is 2. The second-order valence-electron chi connectivity index (χ2n) is 5.90. The van der Waals surface area contributed by atoms with Crippen LogP contribution in [0.4, 0.5) is 0 Å². The summed E-state index contributed by atoms with van der Waals surface area (Å²) in [4.78, 5) is 17.8. The molecule has 0 amide bonds. The number of ether oxygens (including phenoxy) is 1. The van der Waals surface area contributed by atoms with Gasteiger partial charge >= 0.3 is 0 Å². The van der Waals surface area contributed by atoms with Crippen LogP contribution in [-0.4, -0.2) is 29.6 Å². The Kier molecular flexibility index (Phi) is 5.39. The maximum Gasteiger partial charge on any atom is 0.163 e. The Morgan fingerprint density at radius 3 is 2.65 bits per heavy atom. The summed E-state index contributed by atoms with van der Waals surface area (Å²) in [5, 5.41) is 11.9. The van der Waals surface area contributed by atoms with Gasteiger partial charge in [0.1, 0.15) is 11.5 Å². The molecule has 26 heavy (non-hydrogen) atoms. The van der Waals surface area contributed by atoms with Crippen LogP contribution in [0.25, 0.3) is 5.76 Å². The molecule has 3 rings (SSSR count). The van der Waals surface area contributed by atoms with Crippen LogP contribution in [0.1, 0.15) is 18.1 Å². The highest BCUT2D eigenvalue weighted by molar-refractivity contribution is 5.89. The molecule has 5 nitrogen and oxygen atoms in total. The van der Waals surface area contributed by atoms with E-state index in [9.17, 15) is 9.90 Å². The molecule has 5 heteroatoms. The van der Waals surface area contributed by atoms with Crippen LogP contribution in [-0.2, 0) is 16.2 Å². The maximum absolute atomic E-state index is 11.8. The molecule has 134 valence electrons. The molecule has 0 bridgehead atoms. The van der Waals surface area contributed by atoms with Gasteiger partial charge in [-0.05, 0) is 25.1 Å². The fraction of sp³-hybridized carbons (Fsp3) is 0.190. The van der Waals surface area contributed by atoms with Crippen molar-refractivity contribution >= 4 is 12.0 Å². The zero-order chi connectivity index (χ0) is 18.5. The number of benzene rings is 2. The van der Waals surface area contributed by atoms with Crippen molar-refractivity contribution in [2.24, 2.45) is 0 Å². The molecular formula is C21H21NO4. The van der Waals surface area contributed by atoms with Crippen LogP contribution < -0.4 is 4.74 Å². The molecule has 0 saturated heterocycles. The number of hydrogen-bond donors (Lipinski definition) is 1. The Hall–Kier alpha value is -3.05. The van der Waals surface area contributed by atoms with Crippen LogP contribution >= 0.6 is 0 Å². The molecule has 0 radical (unpaired) electrons. The number of allylic oxidation sites excluding steroid dienone is 1. The van der Waals surface area contributed by atoms with Gasteiger partial charge in [-0.3, -0.25) is 4.79 Å². The topological polar surface area (TPSA) is 59.0 Å². The Morgan fingerprint density at radius 2 is 2.00 bits per heavy atom. The molecule has 1 aliphatic heterocycles. The number of methoxy groups -OCH3 is 1. The molecule has 1 unspecified atom stereocenters. The number of phenols is 1. The van der Waals surface area contributed by atoms with Crippen LogP contribution in [0.3, 0.4) is 0 Å². The third-order valence-electron chi connectivity index (χ3n) is 4.25. The molecule has 1 heterocycles. The molecule has 1 N–H and O–H groups in total. The second kappa shape index (κ2) is 7.89. The molecule has 2 aromatic carbocycles. The predicted molar refractivity (Wildman–Crippen MR) is 99.3 cm³/mol. The number of aldehydes is 1.